The Hall–Kier alpha value is -2.62. The number of hydrogen-bond acceptors (Lipinski definition) is 2. The van der Waals surface area contributed by atoms with Crippen molar-refractivity contribution in [2.45, 2.75) is 13.5 Å². The molecule has 1 heterocycles. The summed E-state index contributed by atoms with van der Waals surface area (Å²) in [5.74, 6) is 0.810. The third kappa shape index (κ3) is 4.45. The molecule has 0 saturated carbocycles. The van der Waals surface area contributed by atoms with Crippen LogP contribution in [0.2, 0.25) is 0 Å². The minimum absolute atomic E-state index is 0.187. The van der Waals surface area contributed by atoms with E-state index in [4.69, 9.17) is 4.42 Å². The van der Waals surface area contributed by atoms with Gasteiger partial charge in [0.25, 0.3) is 0 Å². The third-order valence-electron chi connectivity index (χ3n) is 2.78. The molecule has 0 bridgehead atoms. The van der Waals surface area contributed by atoms with Crippen molar-refractivity contribution in [3.8, 4) is 11.3 Å². The van der Waals surface area contributed by atoms with E-state index < -0.39 is 0 Å². The second-order valence-electron chi connectivity index (χ2n) is 4.38. The van der Waals surface area contributed by atoms with Crippen LogP contribution in [0.25, 0.3) is 11.3 Å². The van der Waals surface area contributed by atoms with Crippen LogP contribution >= 0.6 is 0 Å². The van der Waals surface area contributed by atoms with Crippen LogP contribution in [-0.2, 0) is 11.3 Å². The first-order chi connectivity index (χ1) is 10.2. The second kappa shape index (κ2) is 7.24. The first-order valence-electron chi connectivity index (χ1n) is 6.61. The van der Waals surface area contributed by atoms with Crippen LogP contribution in [0.4, 0.5) is 4.39 Å². The van der Waals surface area contributed by atoms with Crippen molar-refractivity contribution >= 4 is 5.91 Å². The van der Waals surface area contributed by atoms with Gasteiger partial charge in [0.05, 0.1) is 6.54 Å². The fraction of sp³-hybridized carbons (Fsp3) is 0.118. The zero-order valence-corrected chi connectivity index (χ0v) is 11.7. The van der Waals surface area contributed by atoms with Gasteiger partial charge in [-0.25, -0.2) is 4.39 Å². The van der Waals surface area contributed by atoms with Crippen LogP contribution in [0.15, 0.2) is 65.1 Å². The average Bonchev–Trinajstić information content (AvgIpc) is 2.95. The lowest BCUT2D eigenvalue weighted by atomic mass is 10.2. The molecule has 0 radical (unpaired) electrons. The molecule has 0 aliphatic carbocycles. The predicted molar refractivity (Wildman–Crippen MR) is 79.9 cm³/mol. The van der Waals surface area contributed by atoms with E-state index in [0.29, 0.717) is 18.1 Å². The van der Waals surface area contributed by atoms with Crippen molar-refractivity contribution in [3.63, 3.8) is 0 Å². The highest BCUT2D eigenvalue weighted by molar-refractivity contribution is 5.87. The summed E-state index contributed by atoms with van der Waals surface area (Å²) < 4.78 is 18.5. The molecule has 0 spiro atoms. The summed E-state index contributed by atoms with van der Waals surface area (Å²) in [7, 11) is 0. The van der Waals surface area contributed by atoms with Crippen LogP contribution in [0.5, 0.6) is 0 Å². The molecule has 0 aliphatic heterocycles. The lowest BCUT2D eigenvalue weighted by Gasteiger charge is -1.99. The summed E-state index contributed by atoms with van der Waals surface area (Å²) in [5, 5.41) is 2.72. The number of benzene rings is 1. The molecule has 1 aromatic heterocycles. The summed E-state index contributed by atoms with van der Waals surface area (Å²) >= 11 is 0. The molecule has 2 rings (SSSR count). The van der Waals surface area contributed by atoms with E-state index in [2.05, 4.69) is 5.32 Å². The quantitative estimate of drug-likeness (QED) is 0.670. The largest absolute Gasteiger partial charge is 0.459 e. The molecular weight excluding hydrogens is 269 g/mol. The SMILES string of the molecule is CC=CC=CC(=O)NCc1ccc(-c2ccc(F)cc2)o1. The minimum atomic E-state index is -0.286. The number of allylic oxidation sites excluding steroid dienone is 3. The maximum atomic E-state index is 12.9. The zero-order chi connectivity index (χ0) is 15.1. The van der Waals surface area contributed by atoms with Gasteiger partial charge < -0.3 is 9.73 Å². The number of nitrogens with one attached hydrogen (secondary N) is 1. The van der Waals surface area contributed by atoms with Crippen LogP contribution < -0.4 is 5.32 Å². The van der Waals surface area contributed by atoms with Crippen molar-refractivity contribution < 1.29 is 13.6 Å². The van der Waals surface area contributed by atoms with E-state index in [1.165, 1.54) is 18.2 Å². The summed E-state index contributed by atoms with van der Waals surface area (Å²) in [6.45, 7) is 2.18. The maximum Gasteiger partial charge on any atom is 0.244 e. The molecule has 0 aliphatic rings. The second-order valence-corrected chi connectivity index (χ2v) is 4.38. The molecule has 0 atom stereocenters. The average molecular weight is 285 g/mol. The van der Waals surface area contributed by atoms with E-state index in [1.807, 2.05) is 13.0 Å². The van der Waals surface area contributed by atoms with Crippen molar-refractivity contribution in [1.82, 2.24) is 5.32 Å². The van der Waals surface area contributed by atoms with Crippen molar-refractivity contribution in [2.24, 2.45) is 0 Å². The summed E-state index contributed by atoms with van der Waals surface area (Å²) in [4.78, 5) is 11.5. The van der Waals surface area contributed by atoms with E-state index >= 15 is 0 Å². The van der Waals surface area contributed by atoms with Gasteiger partial charge in [-0.05, 0) is 43.3 Å². The van der Waals surface area contributed by atoms with Crippen LogP contribution in [0.3, 0.4) is 0 Å². The minimum Gasteiger partial charge on any atom is -0.459 e. The number of furan rings is 1. The molecular formula is C17H16FNO2. The molecule has 1 aromatic carbocycles. The topological polar surface area (TPSA) is 42.2 Å². The van der Waals surface area contributed by atoms with Crippen LogP contribution in [0.1, 0.15) is 12.7 Å². The van der Waals surface area contributed by atoms with Crippen LogP contribution in [-0.4, -0.2) is 5.91 Å². The lowest BCUT2D eigenvalue weighted by molar-refractivity contribution is -0.116. The molecule has 4 heteroatoms. The van der Waals surface area contributed by atoms with Crippen molar-refractivity contribution in [3.05, 3.63) is 72.3 Å². The van der Waals surface area contributed by atoms with Gasteiger partial charge in [0.1, 0.15) is 17.3 Å². The van der Waals surface area contributed by atoms with Gasteiger partial charge in [0.2, 0.25) is 5.91 Å². The summed E-state index contributed by atoms with van der Waals surface area (Å²) in [6, 6.07) is 9.64. The molecule has 108 valence electrons. The zero-order valence-electron chi connectivity index (χ0n) is 11.7. The summed E-state index contributed by atoms with van der Waals surface area (Å²) in [6.07, 6.45) is 6.73. The van der Waals surface area contributed by atoms with Crippen molar-refractivity contribution in [2.75, 3.05) is 0 Å². The molecule has 2 aromatic rings. The van der Waals surface area contributed by atoms with Gasteiger partial charge in [0, 0.05) is 11.6 Å². The Morgan fingerprint density at radius 2 is 1.95 bits per heavy atom. The number of carbonyl (C=O) groups is 1. The van der Waals surface area contributed by atoms with Gasteiger partial charge >= 0.3 is 0 Å². The maximum absolute atomic E-state index is 12.9. The number of halogens is 1. The third-order valence-corrected chi connectivity index (χ3v) is 2.78. The molecule has 0 unspecified atom stereocenters. The standard InChI is InChI=1S/C17H16FNO2/c1-2-3-4-5-17(20)19-12-15-10-11-16(21-15)13-6-8-14(18)9-7-13/h2-11H,12H2,1H3,(H,19,20). The molecule has 1 N–H and O–H groups in total. The Morgan fingerprint density at radius 1 is 1.19 bits per heavy atom. The van der Waals surface area contributed by atoms with Gasteiger partial charge in [-0.1, -0.05) is 18.2 Å². The highest BCUT2D eigenvalue weighted by Gasteiger charge is 2.05. The van der Waals surface area contributed by atoms with Crippen molar-refractivity contribution in [1.29, 1.82) is 0 Å². The number of amides is 1. The molecule has 0 saturated heterocycles. The molecule has 0 fully saturated rings. The highest BCUT2D eigenvalue weighted by Crippen LogP contribution is 2.22. The monoisotopic (exact) mass is 285 g/mol. The van der Waals surface area contributed by atoms with Gasteiger partial charge in [-0.2, -0.15) is 0 Å². The van der Waals surface area contributed by atoms with E-state index in [0.717, 1.165) is 5.56 Å². The Bertz CT molecular complexity index is 654. The van der Waals surface area contributed by atoms with Crippen LogP contribution in [0, 0.1) is 5.82 Å². The predicted octanol–water partition coefficient (Wildman–Crippen LogP) is 3.83. The van der Waals surface area contributed by atoms with Gasteiger partial charge in [-0.3, -0.25) is 4.79 Å². The van der Waals surface area contributed by atoms with Gasteiger partial charge in [0.15, 0.2) is 0 Å². The van der Waals surface area contributed by atoms with E-state index in [1.54, 1.807) is 36.4 Å². The number of hydrogen-bond donors (Lipinski definition) is 1. The summed E-state index contributed by atoms with van der Waals surface area (Å²) in [5.41, 5.74) is 0.793. The molecule has 3 nitrogen and oxygen atoms in total. The van der Waals surface area contributed by atoms with E-state index in [-0.39, 0.29) is 11.7 Å². The normalized spacial score (nSPS) is 11.3. The Balaban J connectivity index is 1.94. The fourth-order valence-electron chi connectivity index (χ4n) is 1.73. The Morgan fingerprint density at radius 3 is 2.67 bits per heavy atom. The lowest BCUT2D eigenvalue weighted by Crippen LogP contribution is -2.19. The Kier molecular flexibility index (Phi) is 5.10. The highest BCUT2D eigenvalue weighted by atomic mass is 19.1. The number of carbonyl (C=O) groups excluding carboxylic acids is 1. The number of rotatable bonds is 5. The smallest absolute Gasteiger partial charge is 0.244 e. The van der Waals surface area contributed by atoms with E-state index in [9.17, 15) is 9.18 Å². The first-order valence-corrected chi connectivity index (χ1v) is 6.61. The fourth-order valence-corrected chi connectivity index (χ4v) is 1.73. The first kappa shape index (κ1) is 14.8. The molecule has 21 heavy (non-hydrogen) atoms. The molecule has 1 amide bonds. The van der Waals surface area contributed by atoms with Gasteiger partial charge in [-0.15, -0.1) is 0 Å². The Labute approximate surface area is 122 Å².